The van der Waals surface area contributed by atoms with Crippen molar-refractivity contribution >= 4 is 5.82 Å². The summed E-state index contributed by atoms with van der Waals surface area (Å²) in [6.45, 7) is 0. The Kier molecular flexibility index (Phi) is 2.90. The molecule has 0 saturated heterocycles. The van der Waals surface area contributed by atoms with Crippen molar-refractivity contribution in [2.45, 2.75) is 0 Å². The highest BCUT2D eigenvalue weighted by molar-refractivity contribution is 5.69. The highest BCUT2D eigenvalue weighted by Crippen LogP contribution is 2.23. The van der Waals surface area contributed by atoms with Gasteiger partial charge < -0.3 is 5.73 Å². The Morgan fingerprint density at radius 1 is 0.737 bits per heavy atom. The van der Waals surface area contributed by atoms with E-state index in [4.69, 9.17) is 5.73 Å². The van der Waals surface area contributed by atoms with Crippen molar-refractivity contribution in [1.82, 2.24) is 15.0 Å². The van der Waals surface area contributed by atoms with Crippen LogP contribution in [0.4, 0.5) is 5.82 Å². The smallest absolute Gasteiger partial charge is 0.151 e. The molecule has 0 amide bonds. The van der Waals surface area contributed by atoms with Crippen LogP contribution in [0, 0.1) is 0 Å². The molecule has 4 nitrogen and oxygen atoms in total. The molecule has 0 spiro atoms. The number of benzene rings is 1. The zero-order chi connectivity index (χ0) is 13.1. The first kappa shape index (κ1) is 11.3. The lowest BCUT2D eigenvalue weighted by atomic mass is 10.1. The summed E-state index contributed by atoms with van der Waals surface area (Å²) in [5.74, 6) is 0.391. The normalized spacial score (nSPS) is 10.3. The van der Waals surface area contributed by atoms with Crippen LogP contribution in [-0.2, 0) is 0 Å². The minimum atomic E-state index is 0.391. The number of hydrogen-bond acceptors (Lipinski definition) is 4. The molecule has 0 aliphatic carbocycles. The maximum Gasteiger partial charge on any atom is 0.151 e. The third-order valence-corrected chi connectivity index (χ3v) is 2.84. The maximum atomic E-state index is 5.79. The van der Waals surface area contributed by atoms with E-state index in [-0.39, 0.29) is 0 Å². The lowest BCUT2D eigenvalue weighted by Crippen LogP contribution is -1.97. The van der Waals surface area contributed by atoms with Crippen LogP contribution in [0.25, 0.3) is 22.5 Å². The van der Waals surface area contributed by atoms with Crippen molar-refractivity contribution in [3.8, 4) is 22.5 Å². The molecule has 3 rings (SSSR count). The van der Waals surface area contributed by atoms with Gasteiger partial charge in [-0.1, -0.05) is 36.4 Å². The van der Waals surface area contributed by atoms with Crippen LogP contribution in [0.5, 0.6) is 0 Å². The fraction of sp³-hybridized carbons (Fsp3) is 0. The fourth-order valence-corrected chi connectivity index (χ4v) is 1.88. The van der Waals surface area contributed by atoms with Gasteiger partial charge in [0, 0.05) is 24.2 Å². The second-order valence-electron chi connectivity index (χ2n) is 4.09. The molecule has 0 radical (unpaired) electrons. The van der Waals surface area contributed by atoms with Gasteiger partial charge in [-0.3, -0.25) is 4.98 Å². The first-order valence-corrected chi connectivity index (χ1v) is 5.93. The molecular formula is C15H12N4. The molecule has 0 aliphatic heterocycles. The number of pyridine rings is 1. The molecule has 19 heavy (non-hydrogen) atoms. The summed E-state index contributed by atoms with van der Waals surface area (Å²) in [4.78, 5) is 12.6. The zero-order valence-corrected chi connectivity index (χ0v) is 10.2. The Morgan fingerprint density at radius 3 is 2.21 bits per heavy atom. The van der Waals surface area contributed by atoms with E-state index in [1.807, 2.05) is 48.7 Å². The molecule has 2 heterocycles. The number of anilines is 1. The van der Waals surface area contributed by atoms with Crippen LogP contribution in [0.1, 0.15) is 0 Å². The highest BCUT2D eigenvalue weighted by atomic mass is 14.9. The third-order valence-electron chi connectivity index (χ3n) is 2.84. The van der Waals surface area contributed by atoms with Crippen molar-refractivity contribution in [3.05, 3.63) is 61.1 Å². The van der Waals surface area contributed by atoms with Gasteiger partial charge in [-0.2, -0.15) is 0 Å². The minimum Gasteiger partial charge on any atom is -0.382 e. The largest absolute Gasteiger partial charge is 0.382 e. The van der Waals surface area contributed by atoms with E-state index in [0.29, 0.717) is 11.5 Å². The summed E-state index contributed by atoms with van der Waals surface area (Å²) in [6.07, 6.45) is 4.99. The number of nitrogen functional groups attached to an aromatic ring is 1. The van der Waals surface area contributed by atoms with E-state index in [0.717, 1.165) is 16.8 Å². The molecule has 1 aromatic carbocycles. The van der Waals surface area contributed by atoms with Gasteiger partial charge in [0.15, 0.2) is 5.82 Å². The van der Waals surface area contributed by atoms with Crippen LogP contribution in [0.15, 0.2) is 61.1 Å². The molecular weight excluding hydrogens is 236 g/mol. The Hall–Kier alpha value is -2.75. The molecule has 4 heteroatoms. The summed E-state index contributed by atoms with van der Waals surface area (Å²) in [6, 6.07) is 14.0. The van der Waals surface area contributed by atoms with Gasteiger partial charge in [0.05, 0.1) is 5.69 Å². The first-order valence-electron chi connectivity index (χ1n) is 5.93. The standard InChI is InChI=1S/C15H12N4/c16-15-14(17-8-9-18-15)13-7-6-12(10-19-13)11-4-2-1-3-5-11/h1-10H,(H2,16,18). The minimum absolute atomic E-state index is 0.391. The lowest BCUT2D eigenvalue weighted by Gasteiger charge is -2.04. The SMILES string of the molecule is Nc1nccnc1-c1ccc(-c2ccccc2)cn1. The molecule has 0 unspecified atom stereocenters. The highest BCUT2D eigenvalue weighted by Gasteiger charge is 2.06. The molecule has 0 atom stereocenters. The molecule has 0 aliphatic rings. The van der Waals surface area contributed by atoms with E-state index in [2.05, 4.69) is 15.0 Å². The Bertz CT molecular complexity index is 678. The lowest BCUT2D eigenvalue weighted by molar-refractivity contribution is 1.18. The van der Waals surface area contributed by atoms with Gasteiger partial charge in [0.2, 0.25) is 0 Å². The van der Waals surface area contributed by atoms with E-state index in [1.165, 1.54) is 0 Å². The third kappa shape index (κ3) is 2.28. The number of hydrogen-bond donors (Lipinski definition) is 1. The number of rotatable bonds is 2. The number of nitrogens with two attached hydrogens (primary N) is 1. The van der Waals surface area contributed by atoms with Crippen LogP contribution in [0.3, 0.4) is 0 Å². The predicted octanol–water partition coefficient (Wildman–Crippen LogP) is 2.79. The Balaban J connectivity index is 1.98. The summed E-state index contributed by atoms with van der Waals surface area (Å²) >= 11 is 0. The molecule has 2 N–H and O–H groups in total. The molecule has 0 fully saturated rings. The monoisotopic (exact) mass is 248 g/mol. The molecule has 3 aromatic rings. The van der Waals surface area contributed by atoms with Crippen molar-refractivity contribution < 1.29 is 0 Å². The van der Waals surface area contributed by atoms with Gasteiger partial charge in [-0.25, -0.2) is 9.97 Å². The molecule has 0 saturated carbocycles. The molecule has 92 valence electrons. The summed E-state index contributed by atoms with van der Waals surface area (Å²) < 4.78 is 0. The van der Waals surface area contributed by atoms with E-state index < -0.39 is 0 Å². The van der Waals surface area contributed by atoms with E-state index >= 15 is 0 Å². The molecule has 0 bridgehead atoms. The van der Waals surface area contributed by atoms with Crippen LogP contribution in [-0.4, -0.2) is 15.0 Å². The Morgan fingerprint density at radius 2 is 1.53 bits per heavy atom. The average Bonchev–Trinajstić information content (AvgIpc) is 2.49. The summed E-state index contributed by atoms with van der Waals surface area (Å²) in [5, 5.41) is 0. The van der Waals surface area contributed by atoms with Gasteiger partial charge in [0.1, 0.15) is 5.69 Å². The first-order chi connectivity index (χ1) is 9.34. The summed E-state index contributed by atoms with van der Waals surface area (Å²) in [7, 11) is 0. The fourth-order valence-electron chi connectivity index (χ4n) is 1.88. The van der Waals surface area contributed by atoms with E-state index in [1.54, 1.807) is 12.4 Å². The summed E-state index contributed by atoms with van der Waals surface area (Å²) in [5.41, 5.74) is 9.32. The average molecular weight is 248 g/mol. The van der Waals surface area contributed by atoms with Gasteiger partial charge in [0.25, 0.3) is 0 Å². The quantitative estimate of drug-likeness (QED) is 0.757. The maximum absolute atomic E-state index is 5.79. The van der Waals surface area contributed by atoms with Gasteiger partial charge in [-0.15, -0.1) is 0 Å². The number of nitrogens with zero attached hydrogens (tertiary/aromatic N) is 3. The topological polar surface area (TPSA) is 64.7 Å². The van der Waals surface area contributed by atoms with Crippen LogP contribution >= 0.6 is 0 Å². The Labute approximate surface area is 111 Å². The van der Waals surface area contributed by atoms with Gasteiger partial charge in [-0.05, 0) is 11.6 Å². The van der Waals surface area contributed by atoms with Crippen molar-refractivity contribution in [1.29, 1.82) is 0 Å². The zero-order valence-electron chi connectivity index (χ0n) is 10.2. The van der Waals surface area contributed by atoms with Gasteiger partial charge >= 0.3 is 0 Å². The second kappa shape index (κ2) is 4.86. The number of aromatic nitrogens is 3. The van der Waals surface area contributed by atoms with Crippen LogP contribution < -0.4 is 5.73 Å². The second-order valence-corrected chi connectivity index (χ2v) is 4.09. The van der Waals surface area contributed by atoms with Crippen molar-refractivity contribution in [2.75, 3.05) is 5.73 Å². The molecule has 2 aromatic heterocycles. The van der Waals surface area contributed by atoms with Crippen molar-refractivity contribution in [2.24, 2.45) is 0 Å². The predicted molar refractivity (Wildman–Crippen MR) is 75.1 cm³/mol. The van der Waals surface area contributed by atoms with Crippen molar-refractivity contribution in [3.63, 3.8) is 0 Å². The van der Waals surface area contributed by atoms with Crippen LogP contribution in [0.2, 0.25) is 0 Å². The van der Waals surface area contributed by atoms with E-state index in [9.17, 15) is 0 Å².